The Hall–Kier alpha value is -5.95. The maximum absolute atomic E-state index is 10.3. The van der Waals surface area contributed by atoms with Crippen molar-refractivity contribution in [2.24, 2.45) is 0 Å². The van der Waals surface area contributed by atoms with Crippen molar-refractivity contribution in [2.75, 3.05) is 7.11 Å². The van der Waals surface area contributed by atoms with Crippen LogP contribution in [0.1, 0.15) is 61.8 Å². The predicted molar refractivity (Wildman–Crippen MR) is 192 cm³/mol. The Balaban J connectivity index is 0.000000198. The van der Waals surface area contributed by atoms with E-state index in [1.54, 1.807) is 31.4 Å². The molecule has 0 aliphatic carbocycles. The standard InChI is InChI=1S/C19H21N3O4.C18H18ClN3O3/c1-11(2)14-8-15(17(24)9-16(14)23)18-20-21-19(25)22(18)10-12-5-4-6-13(7-12)26-3;1-10(2)13-7-14(16(24)8-15(13)23)17-20-21-18(25)22(17)9-11-3-5-12(19)6-4-11/h4-9,11,23-24H,10H2,1-3H3,(H,21,25);3-8,10,23-24H,9H2,1-2H3,(H,21,25). The number of benzene rings is 4. The number of hydrogen-bond acceptors (Lipinski definition) is 11. The molecule has 0 amide bonds. The summed E-state index contributed by atoms with van der Waals surface area (Å²) in [4.78, 5) is 0. The Morgan fingerprint density at radius 3 is 1.51 bits per heavy atom. The lowest BCUT2D eigenvalue weighted by molar-refractivity contribution is 0.402. The maximum atomic E-state index is 10.3. The number of nitrogens with zero attached hydrogens (tertiary/aromatic N) is 6. The lowest BCUT2D eigenvalue weighted by atomic mass is 9.98. The molecule has 4 aromatic carbocycles. The van der Waals surface area contributed by atoms with Crippen molar-refractivity contribution >= 4 is 11.6 Å². The van der Waals surface area contributed by atoms with Crippen LogP contribution in [0.2, 0.25) is 5.02 Å². The molecule has 0 bridgehead atoms. The summed E-state index contributed by atoms with van der Waals surface area (Å²) in [5.74, 6) is 1.20. The molecule has 2 aromatic heterocycles. The van der Waals surface area contributed by atoms with Crippen molar-refractivity contribution in [2.45, 2.75) is 52.6 Å². The number of phenolic OH excluding ortho intramolecular Hbond substituents is 4. The van der Waals surface area contributed by atoms with E-state index in [-0.39, 0.29) is 46.9 Å². The van der Waals surface area contributed by atoms with Crippen LogP contribution in [0.3, 0.4) is 0 Å². The van der Waals surface area contributed by atoms with Crippen LogP contribution in [0.4, 0.5) is 0 Å². The fourth-order valence-corrected chi connectivity index (χ4v) is 5.60. The van der Waals surface area contributed by atoms with Gasteiger partial charge >= 0.3 is 12.0 Å². The van der Waals surface area contributed by atoms with E-state index in [4.69, 9.17) is 16.3 Å². The summed E-state index contributed by atoms with van der Waals surface area (Å²) < 4.78 is 8.20. The highest BCUT2D eigenvalue weighted by atomic mass is 35.5. The molecular weight excluding hydrogens is 676 g/mol. The summed E-state index contributed by atoms with van der Waals surface area (Å²) in [6.45, 7) is 8.35. The highest BCUT2D eigenvalue weighted by Gasteiger charge is 2.21. The third kappa shape index (κ3) is 8.10. The molecule has 266 valence electrons. The van der Waals surface area contributed by atoms with Crippen LogP contribution < -0.4 is 4.74 Å². The number of rotatable bonds is 9. The van der Waals surface area contributed by atoms with Gasteiger partial charge in [-0.3, -0.25) is 9.13 Å². The van der Waals surface area contributed by atoms with Crippen molar-refractivity contribution < 1.29 is 35.4 Å². The first-order valence-corrected chi connectivity index (χ1v) is 16.4. The third-order valence-corrected chi connectivity index (χ3v) is 8.46. The second kappa shape index (κ2) is 15.3. The quantitative estimate of drug-likeness (QED) is 0.0893. The Labute approximate surface area is 299 Å². The second-order valence-electron chi connectivity index (χ2n) is 12.5. The van der Waals surface area contributed by atoms with Gasteiger partial charge in [0.1, 0.15) is 28.7 Å². The Morgan fingerprint density at radius 1 is 0.588 bits per heavy atom. The molecule has 2 heterocycles. The van der Waals surface area contributed by atoms with Crippen molar-refractivity contribution in [1.29, 1.82) is 0 Å². The number of halogens is 1. The van der Waals surface area contributed by atoms with E-state index in [1.807, 2.05) is 64.1 Å². The van der Waals surface area contributed by atoms with Gasteiger partial charge in [0.2, 0.25) is 0 Å². The van der Waals surface area contributed by atoms with Crippen LogP contribution in [0.5, 0.6) is 40.8 Å². The molecule has 0 spiro atoms. The molecule has 0 saturated heterocycles. The molecule has 13 nitrogen and oxygen atoms in total. The van der Waals surface area contributed by atoms with Crippen LogP contribution >= 0.6 is 11.6 Å². The number of phenols is 4. The van der Waals surface area contributed by atoms with Crippen LogP contribution in [0, 0.1) is 0 Å². The molecule has 0 aliphatic rings. The zero-order valence-electron chi connectivity index (χ0n) is 28.6. The van der Waals surface area contributed by atoms with Crippen molar-refractivity contribution in [3.05, 3.63) is 100 Å². The van der Waals surface area contributed by atoms with Gasteiger partial charge in [0, 0.05) is 17.2 Å². The molecule has 0 radical (unpaired) electrons. The number of aromatic hydroxyl groups is 6. The summed E-state index contributed by atoms with van der Waals surface area (Å²) in [7, 11) is 1.59. The summed E-state index contributed by atoms with van der Waals surface area (Å²) in [5, 5.41) is 76.8. The zero-order valence-corrected chi connectivity index (χ0v) is 29.4. The van der Waals surface area contributed by atoms with Crippen molar-refractivity contribution in [1.82, 2.24) is 29.5 Å². The first kappa shape index (κ1) is 36.3. The van der Waals surface area contributed by atoms with Gasteiger partial charge in [0.25, 0.3) is 0 Å². The van der Waals surface area contributed by atoms with E-state index in [2.05, 4.69) is 20.4 Å². The predicted octanol–water partition coefficient (Wildman–Crippen LogP) is 7.13. The third-order valence-electron chi connectivity index (χ3n) is 8.21. The largest absolute Gasteiger partial charge is 0.508 e. The van der Waals surface area contributed by atoms with E-state index >= 15 is 0 Å². The normalized spacial score (nSPS) is 11.1. The topological polar surface area (TPSA) is 192 Å². The first-order chi connectivity index (χ1) is 24.3. The molecule has 0 atom stereocenters. The molecule has 14 heteroatoms. The molecule has 0 fully saturated rings. The summed E-state index contributed by atoms with van der Waals surface area (Å²) in [6, 6.07) is 20.0. The Bertz CT molecular complexity index is 2140. The van der Waals surface area contributed by atoms with Crippen LogP contribution in [0.15, 0.2) is 72.8 Å². The molecular formula is C37H39ClN6O7. The molecule has 6 rings (SSSR count). The number of ether oxygens (including phenoxy) is 1. The maximum Gasteiger partial charge on any atom is 0.315 e. The number of aromatic nitrogens is 6. The minimum absolute atomic E-state index is 0.0178. The molecule has 6 N–H and O–H groups in total. The van der Waals surface area contributed by atoms with E-state index < -0.39 is 0 Å². The average molecular weight is 715 g/mol. The lowest BCUT2D eigenvalue weighted by Crippen LogP contribution is -2.03. The minimum atomic E-state index is -0.263. The van der Waals surface area contributed by atoms with Crippen molar-refractivity contribution in [3.8, 4) is 63.5 Å². The fourth-order valence-electron chi connectivity index (χ4n) is 5.48. The average Bonchev–Trinajstić information content (AvgIpc) is 3.63. The Kier molecular flexibility index (Phi) is 10.9. The highest BCUT2D eigenvalue weighted by molar-refractivity contribution is 6.30. The van der Waals surface area contributed by atoms with E-state index in [1.165, 1.54) is 21.3 Å². The lowest BCUT2D eigenvalue weighted by Gasteiger charge is -2.14. The van der Waals surface area contributed by atoms with Gasteiger partial charge in [-0.05, 0) is 70.5 Å². The smallest absolute Gasteiger partial charge is 0.315 e. The van der Waals surface area contributed by atoms with Gasteiger partial charge in [-0.25, -0.2) is 0 Å². The number of hydrogen-bond donors (Lipinski definition) is 6. The van der Waals surface area contributed by atoms with Gasteiger partial charge in [0.15, 0.2) is 11.6 Å². The zero-order chi connectivity index (χ0) is 37.0. The summed E-state index contributed by atoms with van der Waals surface area (Å²) in [6.07, 6.45) is 0. The van der Waals surface area contributed by atoms with Gasteiger partial charge in [-0.1, -0.05) is 73.8 Å². The Morgan fingerprint density at radius 2 is 1.06 bits per heavy atom. The van der Waals surface area contributed by atoms with Crippen LogP contribution in [-0.2, 0) is 13.1 Å². The van der Waals surface area contributed by atoms with Gasteiger partial charge in [-0.15, -0.1) is 10.2 Å². The molecule has 0 saturated carbocycles. The van der Waals surface area contributed by atoms with Crippen molar-refractivity contribution in [3.63, 3.8) is 0 Å². The first-order valence-electron chi connectivity index (χ1n) is 16.0. The van der Waals surface area contributed by atoms with Crippen LogP contribution in [-0.4, -0.2) is 67.3 Å². The summed E-state index contributed by atoms with van der Waals surface area (Å²) in [5.41, 5.74) is 3.90. The highest BCUT2D eigenvalue weighted by Crippen LogP contribution is 2.39. The second-order valence-corrected chi connectivity index (χ2v) is 12.9. The SMILES string of the molecule is CC(C)c1cc(-c2nnc(O)n2Cc2ccc(Cl)cc2)c(O)cc1O.COc1cccc(Cn2c(O)nnc2-c2cc(C(C)C)c(O)cc2O)c1. The molecule has 51 heavy (non-hydrogen) atoms. The van der Waals surface area contributed by atoms with Gasteiger partial charge in [0.05, 0.1) is 31.3 Å². The summed E-state index contributed by atoms with van der Waals surface area (Å²) >= 11 is 5.90. The van der Waals surface area contributed by atoms with Gasteiger partial charge in [-0.2, -0.15) is 0 Å². The molecule has 0 unspecified atom stereocenters. The molecule has 6 aromatic rings. The van der Waals surface area contributed by atoms with Gasteiger partial charge < -0.3 is 35.4 Å². The van der Waals surface area contributed by atoms with E-state index in [0.717, 1.165) is 11.1 Å². The van der Waals surface area contributed by atoms with Crippen LogP contribution in [0.25, 0.3) is 22.8 Å². The van der Waals surface area contributed by atoms with E-state index in [0.29, 0.717) is 57.8 Å². The monoisotopic (exact) mass is 714 g/mol. The molecule has 0 aliphatic heterocycles. The minimum Gasteiger partial charge on any atom is -0.508 e. The van der Waals surface area contributed by atoms with E-state index in [9.17, 15) is 30.6 Å². The number of methoxy groups -OCH3 is 1. The fraction of sp³-hybridized carbons (Fsp3) is 0.243.